The van der Waals surface area contributed by atoms with Gasteiger partial charge in [0.2, 0.25) is 0 Å². The molecule has 0 radical (unpaired) electrons. The molecule has 2 heteroatoms. The minimum absolute atomic E-state index is 0.0875. The molecule has 1 aromatic carbocycles. The Bertz CT molecular complexity index is 350. The van der Waals surface area contributed by atoms with Crippen molar-refractivity contribution in [2.24, 2.45) is 5.92 Å². The third-order valence-electron chi connectivity index (χ3n) is 3.55. The molecule has 16 heavy (non-hydrogen) atoms. The van der Waals surface area contributed by atoms with Gasteiger partial charge in [0.25, 0.3) is 0 Å². The van der Waals surface area contributed by atoms with Gasteiger partial charge >= 0.3 is 0 Å². The molecule has 1 saturated carbocycles. The molecule has 0 amide bonds. The van der Waals surface area contributed by atoms with Crippen LogP contribution in [0.5, 0.6) is 0 Å². The standard InChI is InChI=1S/C14H20FN/c1-3-10-9-14(10)16-13(4-2)11-7-5-6-8-12(11)15/h5-8,10,13-14,16H,3-4,9H2,1-2H3. The number of nitrogens with one attached hydrogen (secondary N) is 1. The monoisotopic (exact) mass is 221 g/mol. The van der Waals surface area contributed by atoms with Crippen molar-refractivity contribution in [3.63, 3.8) is 0 Å². The van der Waals surface area contributed by atoms with Crippen LogP contribution in [0.3, 0.4) is 0 Å². The highest BCUT2D eigenvalue weighted by molar-refractivity contribution is 5.21. The minimum Gasteiger partial charge on any atom is -0.307 e. The van der Waals surface area contributed by atoms with Crippen LogP contribution in [0.4, 0.5) is 4.39 Å². The van der Waals surface area contributed by atoms with E-state index in [1.807, 2.05) is 12.1 Å². The van der Waals surface area contributed by atoms with Crippen LogP contribution in [0.25, 0.3) is 0 Å². The Balaban J connectivity index is 2.03. The van der Waals surface area contributed by atoms with Crippen molar-refractivity contribution >= 4 is 0 Å². The van der Waals surface area contributed by atoms with Gasteiger partial charge in [-0.25, -0.2) is 4.39 Å². The van der Waals surface area contributed by atoms with E-state index in [4.69, 9.17) is 0 Å². The number of rotatable bonds is 5. The molecule has 0 saturated heterocycles. The van der Waals surface area contributed by atoms with Crippen LogP contribution in [-0.2, 0) is 0 Å². The van der Waals surface area contributed by atoms with Crippen LogP contribution >= 0.6 is 0 Å². The van der Waals surface area contributed by atoms with Gasteiger partial charge in [-0.1, -0.05) is 38.5 Å². The Hall–Kier alpha value is -0.890. The average Bonchev–Trinajstić information content (AvgIpc) is 3.05. The van der Waals surface area contributed by atoms with Crippen LogP contribution in [0.15, 0.2) is 24.3 Å². The van der Waals surface area contributed by atoms with Gasteiger partial charge in [0, 0.05) is 17.6 Å². The zero-order valence-electron chi connectivity index (χ0n) is 10.0. The fourth-order valence-electron chi connectivity index (χ4n) is 2.35. The Morgan fingerprint density at radius 2 is 2.12 bits per heavy atom. The summed E-state index contributed by atoms with van der Waals surface area (Å²) in [4.78, 5) is 0. The van der Waals surface area contributed by atoms with Crippen molar-refractivity contribution in [2.45, 2.75) is 45.2 Å². The van der Waals surface area contributed by atoms with E-state index in [1.54, 1.807) is 12.1 Å². The van der Waals surface area contributed by atoms with Crippen molar-refractivity contribution in [3.05, 3.63) is 35.6 Å². The molecule has 2 rings (SSSR count). The summed E-state index contributed by atoms with van der Waals surface area (Å²) in [5, 5.41) is 3.56. The molecule has 0 spiro atoms. The van der Waals surface area contributed by atoms with Gasteiger partial charge in [-0.2, -0.15) is 0 Å². The molecule has 1 aromatic rings. The van der Waals surface area contributed by atoms with Gasteiger partial charge in [-0.05, 0) is 24.8 Å². The van der Waals surface area contributed by atoms with E-state index >= 15 is 0 Å². The summed E-state index contributed by atoms with van der Waals surface area (Å²) >= 11 is 0. The Morgan fingerprint density at radius 3 is 2.69 bits per heavy atom. The Kier molecular flexibility index (Phi) is 3.59. The van der Waals surface area contributed by atoms with E-state index in [-0.39, 0.29) is 11.9 Å². The quantitative estimate of drug-likeness (QED) is 0.800. The number of halogens is 1. The SMILES string of the molecule is CCC(NC1CC1CC)c1ccccc1F. The van der Waals surface area contributed by atoms with E-state index < -0.39 is 0 Å². The van der Waals surface area contributed by atoms with Gasteiger partial charge in [0.15, 0.2) is 0 Å². The summed E-state index contributed by atoms with van der Waals surface area (Å²) in [5.41, 5.74) is 0.812. The summed E-state index contributed by atoms with van der Waals surface area (Å²) in [5.74, 6) is 0.719. The average molecular weight is 221 g/mol. The molecule has 0 aromatic heterocycles. The Labute approximate surface area is 97.1 Å². The maximum absolute atomic E-state index is 13.6. The van der Waals surface area contributed by atoms with E-state index in [0.717, 1.165) is 17.9 Å². The number of hydrogen-bond donors (Lipinski definition) is 1. The van der Waals surface area contributed by atoms with E-state index in [1.165, 1.54) is 12.8 Å². The zero-order chi connectivity index (χ0) is 11.5. The van der Waals surface area contributed by atoms with Gasteiger partial charge in [-0.15, -0.1) is 0 Å². The molecule has 0 bridgehead atoms. The fraction of sp³-hybridized carbons (Fsp3) is 0.571. The van der Waals surface area contributed by atoms with Crippen LogP contribution in [-0.4, -0.2) is 6.04 Å². The molecule has 1 N–H and O–H groups in total. The summed E-state index contributed by atoms with van der Waals surface area (Å²) in [6.07, 6.45) is 3.42. The van der Waals surface area contributed by atoms with E-state index in [2.05, 4.69) is 19.2 Å². The zero-order valence-corrected chi connectivity index (χ0v) is 10.0. The lowest BCUT2D eigenvalue weighted by atomic mass is 10.0. The maximum Gasteiger partial charge on any atom is 0.127 e. The third-order valence-corrected chi connectivity index (χ3v) is 3.55. The van der Waals surface area contributed by atoms with Crippen LogP contribution in [0, 0.1) is 11.7 Å². The normalized spacial score (nSPS) is 25.4. The highest BCUT2D eigenvalue weighted by Gasteiger charge is 2.36. The predicted octanol–water partition coefficient (Wildman–Crippen LogP) is 3.66. The molecule has 1 nitrogen and oxygen atoms in total. The van der Waals surface area contributed by atoms with Crippen molar-refractivity contribution in [3.8, 4) is 0 Å². The first-order chi connectivity index (χ1) is 7.76. The molecule has 88 valence electrons. The second-order valence-electron chi connectivity index (χ2n) is 4.66. The van der Waals surface area contributed by atoms with E-state index in [0.29, 0.717) is 6.04 Å². The van der Waals surface area contributed by atoms with Crippen molar-refractivity contribution < 1.29 is 4.39 Å². The summed E-state index contributed by atoms with van der Waals surface area (Å²) < 4.78 is 13.6. The maximum atomic E-state index is 13.6. The first-order valence-electron chi connectivity index (χ1n) is 6.26. The first kappa shape index (κ1) is 11.6. The van der Waals surface area contributed by atoms with Crippen LogP contribution in [0.1, 0.15) is 44.7 Å². The lowest BCUT2D eigenvalue weighted by molar-refractivity contribution is 0.471. The molecule has 1 aliphatic rings. The molecule has 3 unspecified atom stereocenters. The second kappa shape index (κ2) is 4.96. The molecule has 0 aliphatic heterocycles. The smallest absolute Gasteiger partial charge is 0.127 e. The second-order valence-corrected chi connectivity index (χ2v) is 4.66. The third kappa shape index (κ3) is 2.43. The molecular weight excluding hydrogens is 201 g/mol. The van der Waals surface area contributed by atoms with Crippen LogP contribution < -0.4 is 5.32 Å². The van der Waals surface area contributed by atoms with Crippen molar-refractivity contribution in [1.82, 2.24) is 5.32 Å². The van der Waals surface area contributed by atoms with Crippen molar-refractivity contribution in [1.29, 1.82) is 0 Å². The Morgan fingerprint density at radius 1 is 1.38 bits per heavy atom. The highest BCUT2D eigenvalue weighted by atomic mass is 19.1. The van der Waals surface area contributed by atoms with Gasteiger partial charge in [0.05, 0.1) is 0 Å². The van der Waals surface area contributed by atoms with Gasteiger partial charge in [-0.3, -0.25) is 0 Å². The van der Waals surface area contributed by atoms with E-state index in [9.17, 15) is 4.39 Å². The molecule has 3 atom stereocenters. The first-order valence-corrected chi connectivity index (χ1v) is 6.26. The topological polar surface area (TPSA) is 12.0 Å². The number of benzene rings is 1. The summed E-state index contributed by atoms with van der Waals surface area (Å²) in [7, 11) is 0. The largest absolute Gasteiger partial charge is 0.307 e. The van der Waals surface area contributed by atoms with Crippen LogP contribution in [0.2, 0.25) is 0 Å². The minimum atomic E-state index is -0.0875. The van der Waals surface area contributed by atoms with Crippen molar-refractivity contribution in [2.75, 3.05) is 0 Å². The lowest BCUT2D eigenvalue weighted by Crippen LogP contribution is -2.25. The predicted molar refractivity (Wildman–Crippen MR) is 64.8 cm³/mol. The highest BCUT2D eigenvalue weighted by Crippen LogP contribution is 2.36. The summed E-state index contributed by atoms with van der Waals surface area (Å²) in [6, 6.07) is 7.87. The number of hydrogen-bond acceptors (Lipinski definition) is 1. The molecular formula is C14H20FN. The molecule has 0 heterocycles. The summed E-state index contributed by atoms with van der Waals surface area (Å²) in [6.45, 7) is 4.32. The van der Waals surface area contributed by atoms with Gasteiger partial charge in [0.1, 0.15) is 5.82 Å². The lowest BCUT2D eigenvalue weighted by Gasteiger charge is -2.18. The van der Waals surface area contributed by atoms with Gasteiger partial charge < -0.3 is 5.32 Å². The molecule has 1 aliphatic carbocycles. The fourth-order valence-corrected chi connectivity index (χ4v) is 2.35. The molecule has 1 fully saturated rings.